The van der Waals surface area contributed by atoms with Crippen LogP contribution in [0.4, 0.5) is 5.69 Å². The molecule has 1 fully saturated rings. The summed E-state index contributed by atoms with van der Waals surface area (Å²) < 4.78 is 0.988. The van der Waals surface area contributed by atoms with Crippen molar-refractivity contribution in [3.63, 3.8) is 0 Å². The number of para-hydroxylation sites is 1. The van der Waals surface area contributed by atoms with Crippen molar-refractivity contribution in [1.82, 2.24) is 0 Å². The molecule has 4 nitrogen and oxygen atoms in total. The number of carbonyl (C=O) groups excluding carboxylic acids is 2. The number of carbonyl (C=O) groups is 2. The van der Waals surface area contributed by atoms with E-state index in [-0.39, 0.29) is 18.1 Å². The van der Waals surface area contributed by atoms with Crippen molar-refractivity contribution in [2.45, 2.75) is 19.3 Å². The maximum absolute atomic E-state index is 12.4. The quantitative estimate of drug-likeness (QED) is 0.609. The summed E-state index contributed by atoms with van der Waals surface area (Å²) in [6, 6.07) is 9.44. The molecule has 1 aromatic carbocycles. The van der Waals surface area contributed by atoms with E-state index in [9.17, 15) is 9.59 Å². The summed E-state index contributed by atoms with van der Waals surface area (Å²) in [5, 5.41) is 8.58. The molecule has 0 spiro atoms. The molecule has 1 unspecified atom stereocenters. The fourth-order valence-corrected chi connectivity index (χ4v) is 2.96. The van der Waals surface area contributed by atoms with E-state index in [0.717, 1.165) is 15.7 Å². The maximum atomic E-state index is 12.4. The molecule has 0 N–H and O–H groups in total. The Morgan fingerprint density at radius 1 is 1.47 bits per heavy atom. The summed E-state index contributed by atoms with van der Waals surface area (Å²) in [5.41, 5.74) is 0.850. The third-order valence-corrected chi connectivity index (χ3v) is 4.14. The van der Waals surface area contributed by atoms with Gasteiger partial charge in [-0.15, -0.1) is 0 Å². The van der Waals surface area contributed by atoms with Gasteiger partial charge in [0.1, 0.15) is 0 Å². The third kappa shape index (κ3) is 2.95. The first-order valence-corrected chi connectivity index (χ1v) is 7.18. The lowest BCUT2D eigenvalue weighted by molar-refractivity contribution is -0.133. The molecule has 98 valence electrons. The Morgan fingerprint density at radius 2 is 2.21 bits per heavy atom. The average molecular weight is 368 g/mol. The van der Waals surface area contributed by atoms with Crippen molar-refractivity contribution in [2.24, 2.45) is 5.92 Å². The molecule has 19 heavy (non-hydrogen) atoms. The number of Topliss-reactive ketones (excluding diaryl/α,β-unsaturated/α-hetero) is 1. The van der Waals surface area contributed by atoms with Crippen molar-refractivity contribution in [2.75, 3.05) is 11.4 Å². The van der Waals surface area contributed by atoms with Crippen LogP contribution < -0.4 is 4.90 Å². The lowest BCUT2D eigenvalue weighted by Crippen LogP contribution is -2.44. The normalized spacial score (nSPS) is 19.1. The molecule has 1 aromatic rings. The van der Waals surface area contributed by atoms with E-state index in [1.165, 1.54) is 0 Å². The Balaban J connectivity index is 2.24. The van der Waals surface area contributed by atoms with E-state index >= 15 is 0 Å². The highest BCUT2D eigenvalue weighted by Gasteiger charge is 2.34. The molecule has 0 radical (unpaired) electrons. The third-order valence-electron chi connectivity index (χ3n) is 3.22. The number of nitrogens with zero attached hydrogens (tertiary/aromatic N) is 2. The number of nitriles is 1. The van der Waals surface area contributed by atoms with Crippen molar-refractivity contribution in [3.8, 4) is 6.07 Å². The van der Waals surface area contributed by atoms with E-state index in [1.54, 1.807) is 4.90 Å². The molecule has 1 amide bonds. The number of halogens is 1. The van der Waals surface area contributed by atoms with Crippen LogP contribution in [0, 0.1) is 20.8 Å². The van der Waals surface area contributed by atoms with Gasteiger partial charge in [-0.2, -0.15) is 5.26 Å². The number of hydrogen-bond donors (Lipinski definition) is 0. The van der Waals surface area contributed by atoms with Crippen LogP contribution in [0.1, 0.15) is 19.3 Å². The first-order chi connectivity index (χ1) is 9.15. The number of hydrogen-bond acceptors (Lipinski definition) is 3. The Morgan fingerprint density at radius 3 is 2.89 bits per heavy atom. The lowest BCUT2D eigenvalue weighted by atomic mass is 9.91. The predicted octanol–water partition coefficient (Wildman–Crippen LogP) is 2.52. The largest absolute Gasteiger partial charge is 0.311 e. The van der Waals surface area contributed by atoms with Gasteiger partial charge in [-0.1, -0.05) is 12.1 Å². The second-order valence-corrected chi connectivity index (χ2v) is 5.60. The summed E-state index contributed by atoms with van der Waals surface area (Å²) in [5.74, 6) is -1.08. The maximum Gasteiger partial charge on any atom is 0.237 e. The van der Waals surface area contributed by atoms with Crippen LogP contribution in [-0.4, -0.2) is 18.2 Å². The number of rotatable bonds is 3. The van der Waals surface area contributed by atoms with Gasteiger partial charge in [0, 0.05) is 10.1 Å². The van der Waals surface area contributed by atoms with Crippen LogP contribution in [0.15, 0.2) is 24.3 Å². The highest BCUT2D eigenvalue weighted by Crippen LogP contribution is 2.29. The molecule has 0 aliphatic carbocycles. The predicted molar refractivity (Wildman–Crippen MR) is 79.5 cm³/mol. The van der Waals surface area contributed by atoms with Crippen LogP contribution in [0.5, 0.6) is 0 Å². The molecule has 1 saturated heterocycles. The average Bonchev–Trinajstić information content (AvgIpc) is 2.40. The Labute approximate surface area is 125 Å². The highest BCUT2D eigenvalue weighted by molar-refractivity contribution is 14.1. The standard InChI is InChI=1S/C14H13IN2O2/c15-11-5-1-2-6-12(11)17-9-3-4-10(14(17)19)13(18)7-8-16/h1-2,5-6,10H,3-4,7,9H2. The van der Waals surface area contributed by atoms with E-state index in [1.807, 2.05) is 30.3 Å². The summed E-state index contributed by atoms with van der Waals surface area (Å²) in [6.07, 6.45) is 1.16. The molecule has 0 bridgehead atoms. The Hall–Kier alpha value is -1.42. The first kappa shape index (κ1) is 14.0. The van der Waals surface area contributed by atoms with Crippen molar-refractivity contribution in [1.29, 1.82) is 5.26 Å². The molecule has 5 heteroatoms. The van der Waals surface area contributed by atoms with Crippen LogP contribution in [0.2, 0.25) is 0 Å². The Kier molecular flexibility index (Phi) is 4.53. The number of piperidine rings is 1. The molecular formula is C14H13IN2O2. The van der Waals surface area contributed by atoms with Crippen LogP contribution in [0.3, 0.4) is 0 Å². The SMILES string of the molecule is N#CCC(=O)C1CCCN(c2ccccc2I)C1=O. The van der Waals surface area contributed by atoms with Gasteiger partial charge in [-0.25, -0.2) is 0 Å². The van der Waals surface area contributed by atoms with Gasteiger partial charge in [-0.3, -0.25) is 9.59 Å². The molecule has 1 atom stereocenters. The van der Waals surface area contributed by atoms with E-state index in [0.29, 0.717) is 13.0 Å². The van der Waals surface area contributed by atoms with Gasteiger partial charge in [0.15, 0.2) is 5.78 Å². The Bertz CT molecular complexity index is 551. The smallest absolute Gasteiger partial charge is 0.237 e. The summed E-state index contributed by atoms with van der Waals surface area (Å²) >= 11 is 2.18. The molecular weight excluding hydrogens is 355 g/mol. The van der Waals surface area contributed by atoms with Gasteiger partial charge in [0.05, 0.1) is 24.1 Å². The van der Waals surface area contributed by atoms with Crippen molar-refractivity contribution in [3.05, 3.63) is 27.8 Å². The van der Waals surface area contributed by atoms with Crippen molar-refractivity contribution >= 4 is 40.0 Å². The molecule has 1 aliphatic heterocycles. The first-order valence-electron chi connectivity index (χ1n) is 6.10. The molecule has 0 aromatic heterocycles. The van der Waals surface area contributed by atoms with Crippen LogP contribution >= 0.6 is 22.6 Å². The number of anilines is 1. The van der Waals surface area contributed by atoms with E-state index < -0.39 is 5.92 Å². The minimum absolute atomic E-state index is 0.171. The van der Waals surface area contributed by atoms with Gasteiger partial charge >= 0.3 is 0 Å². The fourth-order valence-electron chi connectivity index (χ4n) is 2.28. The zero-order valence-electron chi connectivity index (χ0n) is 10.3. The number of ketones is 1. The topological polar surface area (TPSA) is 61.2 Å². The lowest BCUT2D eigenvalue weighted by Gasteiger charge is -2.32. The van der Waals surface area contributed by atoms with Gasteiger partial charge in [-0.05, 0) is 47.6 Å². The molecule has 0 saturated carbocycles. The minimum Gasteiger partial charge on any atom is -0.311 e. The second kappa shape index (κ2) is 6.15. The van der Waals surface area contributed by atoms with Gasteiger partial charge in [0.25, 0.3) is 0 Å². The van der Waals surface area contributed by atoms with Crippen molar-refractivity contribution < 1.29 is 9.59 Å². The molecule has 2 rings (SSSR count). The second-order valence-electron chi connectivity index (χ2n) is 4.44. The molecule has 1 heterocycles. The van der Waals surface area contributed by atoms with Crippen LogP contribution in [0.25, 0.3) is 0 Å². The fraction of sp³-hybridized carbons (Fsp3) is 0.357. The van der Waals surface area contributed by atoms with E-state index in [2.05, 4.69) is 22.6 Å². The number of benzene rings is 1. The monoisotopic (exact) mass is 368 g/mol. The van der Waals surface area contributed by atoms with E-state index in [4.69, 9.17) is 5.26 Å². The molecule has 1 aliphatic rings. The zero-order valence-corrected chi connectivity index (χ0v) is 12.5. The summed E-state index contributed by atoms with van der Waals surface area (Å²) in [7, 11) is 0. The zero-order chi connectivity index (χ0) is 13.8. The minimum atomic E-state index is -0.649. The number of amides is 1. The van der Waals surface area contributed by atoms with Gasteiger partial charge in [0.2, 0.25) is 5.91 Å². The van der Waals surface area contributed by atoms with Gasteiger partial charge < -0.3 is 4.90 Å². The highest BCUT2D eigenvalue weighted by atomic mass is 127. The summed E-state index contributed by atoms with van der Waals surface area (Å²) in [4.78, 5) is 25.9. The summed E-state index contributed by atoms with van der Waals surface area (Å²) in [6.45, 7) is 0.634. The van der Waals surface area contributed by atoms with Crippen LogP contribution in [-0.2, 0) is 9.59 Å².